The minimum Gasteiger partial charge on any atom is -0.394 e. The molecule has 26 heavy (non-hydrogen) atoms. The zero-order valence-corrected chi connectivity index (χ0v) is 16.4. The third kappa shape index (κ3) is 10.0. The average molecular weight is 373 g/mol. The first-order valence-electron chi connectivity index (χ1n) is 10.5. The van der Waals surface area contributed by atoms with Gasteiger partial charge in [-0.15, -0.1) is 6.58 Å². The lowest BCUT2D eigenvalue weighted by molar-refractivity contribution is -0.101. The van der Waals surface area contributed by atoms with Crippen LogP contribution in [0.1, 0.15) is 77.0 Å². The van der Waals surface area contributed by atoms with Crippen LogP contribution in [0.4, 0.5) is 0 Å². The van der Waals surface area contributed by atoms with E-state index >= 15 is 0 Å². The van der Waals surface area contributed by atoms with Gasteiger partial charge in [0.05, 0.1) is 13.2 Å². The fourth-order valence-electron chi connectivity index (χ4n) is 3.42. The molecule has 1 rings (SSSR count). The fraction of sp³-hybridized carbons (Fsp3) is 0.905. The first kappa shape index (κ1) is 23.6. The standard InChI is InChI=1S/C21H40O5/c1-2-3-4-5-6-7-8-9-10-11-12-13-14-15-25-19(16-22)21-20(24)18(23)17-26-21/h2,18-24H,1,3-17H2/t18-,19+,20+,21+/m0/s1. The predicted molar refractivity (Wildman–Crippen MR) is 104 cm³/mol. The van der Waals surface area contributed by atoms with Gasteiger partial charge in [-0.1, -0.05) is 63.9 Å². The Morgan fingerprint density at radius 1 is 0.923 bits per heavy atom. The van der Waals surface area contributed by atoms with Crippen LogP contribution in [0.25, 0.3) is 0 Å². The Morgan fingerprint density at radius 3 is 1.92 bits per heavy atom. The normalized spacial score (nSPS) is 24.0. The molecule has 0 spiro atoms. The monoisotopic (exact) mass is 372 g/mol. The molecule has 5 nitrogen and oxygen atoms in total. The summed E-state index contributed by atoms with van der Waals surface area (Å²) in [6.45, 7) is 4.19. The van der Waals surface area contributed by atoms with Crippen molar-refractivity contribution >= 4 is 0 Å². The molecule has 1 saturated heterocycles. The van der Waals surface area contributed by atoms with Crippen molar-refractivity contribution in [2.45, 2.75) is 101 Å². The Kier molecular flexibility index (Phi) is 14.1. The molecule has 1 aliphatic rings. The maximum atomic E-state index is 9.80. The molecular weight excluding hydrogens is 332 g/mol. The highest BCUT2D eigenvalue weighted by Crippen LogP contribution is 2.20. The molecule has 0 aromatic rings. The molecule has 0 aromatic carbocycles. The van der Waals surface area contributed by atoms with Crippen molar-refractivity contribution in [1.29, 1.82) is 0 Å². The predicted octanol–water partition coefficient (Wildman–Crippen LogP) is 3.35. The summed E-state index contributed by atoms with van der Waals surface area (Å²) in [4.78, 5) is 0. The molecule has 0 aliphatic carbocycles. The van der Waals surface area contributed by atoms with Crippen LogP contribution in [0.15, 0.2) is 12.7 Å². The Morgan fingerprint density at radius 2 is 1.46 bits per heavy atom. The lowest BCUT2D eigenvalue weighted by Crippen LogP contribution is -2.42. The fourth-order valence-corrected chi connectivity index (χ4v) is 3.42. The summed E-state index contributed by atoms with van der Waals surface area (Å²) in [7, 11) is 0. The molecule has 154 valence electrons. The summed E-state index contributed by atoms with van der Waals surface area (Å²) in [5.41, 5.74) is 0. The Hall–Kier alpha value is -0.460. The summed E-state index contributed by atoms with van der Waals surface area (Å²) in [6.07, 6.45) is 14.0. The van der Waals surface area contributed by atoms with Crippen LogP contribution in [-0.2, 0) is 9.47 Å². The summed E-state index contributed by atoms with van der Waals surface area (Å²) in [5, 5.41) is 28.7. The second kappa shape index (κ2) is 15.6. The number of hydrogen-bond acceptors (Lipinski definition) is 5. The lowest BCUT2D eigenvalue weighted by Gasteiger charge is -2.24. The Balaban J connectivity index is 1.87. The van der Waals surface area contributed by atoms with E-state index in [-0.39, 0.29) is 13.2 Å². The summed E-state index contributed by atoms with van der Waals surface area (Å²) < 4.78 is 11.0. The van der Waals surface area contributed by atoms with Gasteiger partial charge >= 0.3 is 0 Å². The van der Waals surface area contributed by atoms with Gasteiger partial charge in [0.25, 0.3) is 0 Å². The van der Waals surface area contributed by atoms with E-state index in [1.807, 2.05) is 6.08 Å². The molecule has 0 bridgehead atoms. The van der Waals surface area contributed by atoms with Crippen LogP contribution in [0.3, 0.4) is 0 Å². The molecule has 0 saturated carbocycles. The molecule has 0 amide bonds. The van der Waals surface area contributed by atoms with E-state index in [2.05, 4.69) is 6.58 Å². The zero-order chi connectivity index (χ0) is 19.0. The quantitative estimate of drug-likeness (QED) is 0.269. The molecule has 0 unspecified atom stereocenters. The van der Waals surface area contributed by atoms with Gasteiger partial charge in [-0.05, 0) is 19.3 Å². The third-order valence-electron chi connectivity index (χ3n) is 5.12. The second-order valence-electron chi connectivity index (χ2n) is 7.41. The number of allylic oxidation sites excluding steroid dienone is 1. The first-order valence-corrected chi connectivity index (χ1v) is 10.5. The molecule has 3 N–H and O–H groups in total. The summed E-state index contributed by atoms with van der Waals surface area (Å²) in [6, 6.07) is 0. The van der Waals surface area contributed by atoms with E-state index in [4.69, 9.17) is 9.47 Å². The van der Waals surface area contributed by atoms with Gasteiger partial charge < -0.3 is 24.8 Å². The molecule has 1 heterocycles. The number of aliphatic hydroxyl groups excluding tert-OH is 3. The van der Waals surface area contributed by atoms with E-state index < -0.39 is 24.4 Å². The van der Waals surface area contributed by atoms with Crippen molar-refractivity contribution in [3.8, 4) is 0 Å². The van der Waals surface area contributed by atoms with E-state index in [0.717, 1.165) is 19.3 Å². The maximum Gasteiger partial charge on any atom is 0.114 e. The Labute approximate surface area is 159 Å². The average Bonchev–Trinajstić information content (AvgIpc) is 2.98. The highest BCUT2D eigenvalue weighted by molar-refractivity contribution is 4.88. The van der Waals surface area contributed by atoms with E-state index in [0.29, 0.717) is 6.61 Å². The molecule has 4 atom stereocenters. The van der Waals surface area contributed by atoms with Gasteiger partial charge in [0, 0.05) is 6.61 Å². The minimum absolute atomic E-state index is 0.0977. The number of aliphatic hydroxyl groups is 3. The SMILES string of the molecule is C=CCCCCCCCCCCCCCO[C@H](CO)[C@H]1OC[C@H](O)[C@H]1O. The molecule has 1 fully saturated rings. The number of rotatable bonds is 17. The lowest BCUT2D eigenvalue weighted by atomic mass is 10.1. The molecule has 5 heteroatoms. The molecule has 0 radical (unpaired) electrons. The largest absolute Gasteiger partial charge is 0.394 e. The summed E-state index contributed by atoms with van der Waals surface area (Å²) in [5.74, 6) is 0. The maximum absolute atomic E-state index is 9.80. The van der Waals surface area contributed by atoms with Gasteiger partial charge in [0.2, 0.25) is 0 Å². The van der Waals surface area contributed by atoms with Crippen molar-refractivity contribution in [3.63, 3.8) is 0 Å². The first-order chi connectivity index (χ1) is 12.7. The van der Waals surface area contributed by atoms with Crippen molar-refractivity contribution in [1.82, 2.24) is 0 Å². The van der Waals surface area contributed by atoms with E-state index in [9.17, 15) is 15.3 Å². The zero-order valence-electron chi connectivity index (χ0n) is 16.4. The number of hydrogen-bond donors (Lipinski definition) is 3. The smallest absolute Gasteiger partial charge is 0.114 e. The van der Waals surface area contributed by atoms with Crippen molar-refractivity contribution in [2.24, 2.45) is 0 Å². The highest BCUT2D eigenvalue weighted by atomic mass is 16.6. The topological polar surface area (TPSA) is 79.2 Å². The van der Waals surface area contributed by atoms with Gasteiger partial charge in [-0.3, -0.25) is 0 Å². The van der Waals surface area contributed by atoms with Crippen molar-refractivity contribution in [3.05, 3.63) is 12.7 Å². The highest BCUT2D eigenvalue weighted by Gasteiger charge is 2.40. The van der Waals surface area contributed by atoms with E-state index in [1.54, 1.807) is 0 Å². The van der Waals surface area contributed by atoms with Crippen molar-refractivity contribution in [2.75, 3.05) is 19.8 Å². The number of unbranched alkanes of at least 4 members (excludes halogenated alkanes) is 11. The van der Waals surface area contributed by atoms with Crippen LogP contribution < -0.4 is 0 Å². The Bertz CT molecular complexity index is 336. The van der Waals surface area contributed by atoms with Crippen LogP contribution in [0.5, 0.6) is 0 Å². The minimum atomic E-state index is -0.978. The number of ether oxygens (including phenoxy) is 2. The van der Waals surface area contributed by atoms with Gasteiger partial charge in [0.1, 0.15) is 24.4 Å². The van der Waals surface area contributed by atoms with E-state index in [1.165, 1.54) is 57.8 Å². The van der Waals surface area contributed by atoms with Gasteiger partial charge in [-0.2, -0.15) is 0 Å². The summed E-state index contributed by atoms with van der Waals surface area (Å²) >= 11 is 0. The molecular formula is C21H40O5. The molecule has 0 aromatic heterocycles. The van der Waals surface area contributed by atoms with Crippen LogP contribution >= 0.6 is 0 Å². The van der Waals surface area contributed by atoms with Crippen molar-refractivity contribution < 1.29 is 24.8 Å². The third-order valence-corrected chi connectivity index (χ3v) is 5.12. The molecule has 1 aliphatic heterocycles. The second-order valence-corrected chi connectivity index (χ2v) is 7.41. The van der Waals surface area contributed by atoms with Gasteiger partial charge in [0.15, 0.2) is 0 Å². The van der Waals surface area contributed by atoms with Crippen LogP contribution in [0.2, 0.25) is 0 Å². The van der Waals surface area contributed by atoms with Gasteiger partial charge in [-0.25, -0.2) is 0 Å². The van der Waals surface area contributed by atoms with Crippen LogP contribution in [-0.4, -0.2) is 59.6 Å². The van der Waals surface area contributed by atoms with Crippen LogP contribution in [0, 0.1) is 0 Å².